The van der Waals surface area contributed by atoms with Crippen molar-refractivity contribution >= 4 is 39.9 Å². The van der Waals surface area contributed by atoms with Gasteiger partial charge in [-0.3, -0.25) is 9.20 Å². The van der Waals surface area contributed by atoms with Crippen LogP contribution in [0.25, 0.3) is 27.9 Å². The molecule has 3 aromatic carbocycles. The van der Waals surface area contributed by atoms with Gasteiger partial charge in [-0.2, -0.15) is 0 Å². The summed E-state index contributed by atoms with van der Waals surface area (Å²) in [5.41, 5.74) is 4.43. The summed E-state index contributed by atoms with van der Waals surface area (Å²) < 4.78 is 1.93. The first-order chi connectivity index (χ1) is 15.2. The van der Waals surface area contributed by atoms with Gasteiger partial charge in [0.05, 0.1) is 11.3 Å². The quantitative estimate of drug-likeness (QED) is 0.402. The van der Waals surface area contributed by atoms with Gasteiger partial charge in [0.15, 0.2) is 10.8 Å². The monoisotopic (exact) mass is 425 g/mol. The number of aromatic nitrogens is 4. The zero-order chi connectivity index (χ0) is 21.2. The number of thioether (sulfide) groups is 1. The third-order valence-electron chi connectivity index (χ3n) is 4.88. The van der Waals surface area contributed by atoms with Gasteiger partial charge in [-0.1, -0.05) is 66.4 Å². The van der Waals surface area contributed by atoms with E-state index in [2.05, 4.69) is 15.5 Å². The van der Waals surface area contributed by atoms with Crippen LogP contribution in [0.3, 0.4) is 0 Å². The van der Waals surface area contributed by atoms with Gasteiger partial charge in [-0.05, 0) is 36.8 Å². The van der Waals surface area contributed by atoms with Gasteiger partial charge in [-0.25, -0.2) is 4.98 Å². The summed E-state index contributed by atoms with van der Waals surface area (Å²) in [6.45, 7) is 2.00. The summed E-state index contributed by atoms with van der Waals surface area (Å²) in [6, 6.07) is 25.6. The zero-order valence-electron chi connectivity index (χ0n) is 16.8. The first-order valence-corrected chi connectivity index (χ1v) is 10.9. The summed E-state index contributed by atoms with van der Waals surface area (Å²) >= 11 is 1.34. The van der Waals surface area contributed by atoms with E-state index in [1.54, 1.807) is 0 Å². The lowest BCUT2D eigenvalue weighted by Crippen LogP contribution is -2.14. The molecule has 7 heteroatoms. The average Bonchev–Trinajstić information content (AvgIpc) is 3.22. The smallest absolute Gasteiger partial charge is 0.234 e. The Labute approximate surface area is 183 Å². The summed E-state index contributed by atoms with van der Waals surface area (Å²) in [4.78, 5) is 17.4. The molecule has 6 nitrogen and oxygen atoms in total. The van der Waals surface area contributed by atoms with Crippen molar-refractivity contribution in [2.45, 2.75) is 12.1 Å². The van der Waals surface area contributed by atoms with Crippen molar-refractivity contribution < 1.29 is 4.79 Å². The van der Waals surface area contributed by atoms with Crippen LogP contribution in [-0.4, -0.2) is 31.2 Å². The molecule has 0 unspecified atom stereocenters. The molecule has 0 spiro atoms. The Bertz CT molecular complexity index is 1400. The molecular formula is C24H19N5OS. The number of hydrogen-bond acceptors (Lipinski definition) is 5. The Morgan fingerprint density at radius 3 is 2.61 bits per heavy atom. The van der Waals surface area contributed by atoms with Crippen molar-refractivity contribution in [1.82, 2.24) is 19.6 Å². The third kappa shape index (κ3) is 3.87. The van der Waals surface area contributed by atoms with Crippen LogP contribution < -0.4 is 5.32 Å². The Kier molecular flexibility index (Phi) is 5.09. The number of fused-ring (bicyclic) bond motifs is 3. The number of amides is 1. The van der Waals surface area contributed by atoms with Crippen molar-refractivity contribution in [2.75, 3.05) is 11.1 Å². The van der Waals surface area contributed by atoms with Gasteiger partial charge in [0.25, 0.3) is 0 Å². The van der Waals surface area contributed by atoms with Crippen LogP contribution in [-0.2, 0) is 4.79 Å². The zero-order valence-corrected chi connectivity index (χ0v) is 17.6. The second kappa shape index (κ2) is 8.20. The first kappa shape index (κ1) is 19.3. The van der Waals surface area contributed by atoms with E-state index in [-0.39, 0.29) is 11.7 Å². The highest BCUT2D eigenvalue weighted by Gasteiger charge is 2.17. The van der Waals surface area contributed by atoms with Crippen LogP contribution in [0.2, 0.25) is 0 Å². The number of carbonyl (C=O) groups is 1. The fourth-order valence-corrected chi connectivity index (χ4v) is 4.22. The van der Waals surface area contributed by atoms with Crippen molar-refractivity contribution in [1.29, 1.82) is 0 Å². The summed E-state index contributed by atoms with van der Waals surface area (Å²) in [7, 11) is 0. The maximum atomic E-state index is 12.5. The minimum atomic E-state index is -0.0950. The van der Waals surface area contributed by atoms with Crippen molar-refractivity contribution in [3.05, 3.63) is 84.4 Å². The lowest BCUT2D eigenvalue weighted by Gasteiger charge is -2.10. The molecule has 0 aliphatic rings. The summed E-state index contributed by atoms with van der Waals surface area (Å²) in [5, 5.41) is 13.3. The predicted octanol–water partition coefficient (Wildman–Crippen LogP) is 4.98. The van der Waals surface area contributed by atoms with Crippen LogP contribution in [0.1, 0.15) is 5.56 Å². The summed E-state index contributed by atoms with van der Waals surface area (Å²) in [5.74, 6) is 0.874. The molecule has 2 heterocycles. The molecule has 0 aliphatic carbocycles. The second-order valence-electron chi connectivity index (χ2n) is 7.17. The van der Waals surface area contributed by atoms with Crippen molar-refractivity contribution in [2.24, 2.45) is 0 Å². The summed E-state index contributed by atoms with van der Waals surface area (Å²) in [6.07, 6.45) is 0. The number of anilines is 1. The second-order valence-corrected chi connectivity index (χ2v) is 8.11. The largest absolute Gasteiger partial charge is 0.325 e. The number of hydrogen-bond donors (Lipinski definition) is 1. The maximum absolute atomic E-state index is 12.5. The molecule has 5 rings (SSSR count). The van der Waals surface area contributed by atoms with Crippen LogP contribution in [0.4, 0.5) is 5.69 Å². The highest BCUT2D eigenvalue weighted by molar-refractivity contribution is 7.99. The maximum Gasteiger partial charge on any atom is 0.234 e. The number of para-hydroxylation sites is 1. The standard InChI is InChI=1S/C24H19N5OS/c1-16-8-7-11-18(14-16)25-21(30)15-31-24-28-27-23-19-12-5-6-13-20(19)26-22(29(23)24)17-9-3-2-4-10-17/h2-14H,15H2,1H3,(H,25,30). The molecule has 0 fully saturated rings. The van der Waals surface area contributed by atoms with Crippen LogP contribution in [0.5, 0.6) is 0 Å². The molecule has 0 atom stereocenters. The molecule has 1 N–H and O–H groups in total. The van der Waals surface area contributed by atoms with Gasteiger partial charge in [0.2, 0.25) is 5.91 Å². The molecule has 152 valence electrons. The highest BCUT2D eigenvalue weighted by Crippen LogP contribution is 2.29. The normalized spacial score (nSPS) is 11.1. The molecule has 1 amide bonds. The van der Waals surface area contributed by atoms with Crippen molar-refractivity contribution in [3.63, 3.8) is 0 Å². The molecular weight excluding hydrogens is 406 g/mol. The molecule has 0 radical (unpaired) electrons. The van der Waals surface area contributed by atoms with Gasteiger partial charge < -0.3 is 5.32 Å². The van der Waals surface area contributed by atoms with E-state index in [1.165, 1.54) is 11.8 Å². The van der Waals surface area contributed by atoms with E-state index >= 15 is 0 Å². The molecule has 0 saturated carbocycles. The molecule has 0 saturated heterocycles. The van der Waals surface area contributed by atoms with Crippen LogP contribution in [0, 0.1) is 6.92 Å². The molecule has 0 aliphatic heterocycles. The van der Waals surface area contributed by atoms with E-state index < -0.39 is 0 Å². The topological polar surface area (TPSA) is 72.2 Å². The lowest BCUT2D eigenvalue weighted by atomic mass is 10.2. The Morgan fingerprint density at radius 2 is 1.77 bits per heavy atom. The lowest BCUT2D eigenvalue weighted by molar-refractivity contribution is -0.113. The van der Waals surface area contributed by atoms with Gasteiger partial charge in [0.1, 0.15) is 5.82 Å². The minimum absolute atomic E-state index is 0.0950. The number of carbonyl (C=O) groups excluding carboxylic acids is 1. The molecule has 5 aromatic rings. The van der Waals surface area contributed by atoms with Gasteiger partial charge >= 0.3 is 0 Å². The average molecular weight is 426 g/mol. The van der Waals surface area contributed by atoms with E-state index in [0.29, 0.717) is 5.16 Å². The molecule has 31 heavy (non-hydrogen) atoms. The Morgan fingerprint density at radius 1 is 0.968 bits per heavy atom. The van der Waals surface area contributed by atoms with Gasteiger partial charge in [0, 0.05) is 16.6 Å². The van der Waals surface area contributed by atoms with Crippen LogP contribution in [0.15, 0.2) is 84.0 Å². The van der Waals surface area contributed by atoms with E-state index in [9.17, 15) is 4.79 Å². The van der Waals surface area contributed by atoms with Crippen molar-refractivity contribution in [3.8, 4) is 11.4 Å². The minimum Gasteiger partial charge on any atom is -0.325 e. The van der Waals surface area contributed by atoms with E-state index in [0.717, 1.165) is 39.2 Å². The fourth-order valence-electron chi connectivity index (χ4n) is 3.48. The predicted molar refractivity (Wildman–Crippen MR) is 124 cm³/mol. The third-order valence-corrected chi connectivity index (χ3v) is 5.81. The molecule has 0 bridgehead atoms. The Balaban J connectivity index is 1.50. The number of aryl methyl sites for hydroxylation is 1. The number of nitrogens with zero attached hydrogens (tertiary/aromatic N) is 4. The first-order valence-electron chi connectivity index (χ1n) is 9.88. The SMILES string of the molecule is Cc1cccc(NC(=O)CSc2nnc3c4ccccc4nc(-c4ccccc4)n23)c1. The number of rotatable bonds is 5. The van der Waals surface area contributed by atoms with E-state index in [1.807, 2.05) is 90.2 Å². The number of benzene rings is 3. The fraction of sp³-hybridized carbons (Fsp3) is 0.0833. The highest BCUT2D eigenvalue weighted by atomic mass is 32.2. The van der Waals surface area contributed by atoms with Crippen LogP contribution >= 0.6 is 11.8 Å². The van der Waals surface area contributed by atoms with Gasteiger partial charge in [-0.15, -0.1) is 10.2 Å². The van der Waals surface area contributed by atoms with E-state index in [4.69, 9.17) is 4.98 Å². The molecule has 2 aromatic heterocycles. The number of nitrogens with one attached hydrogen (secondary N) is 1. The Hall–Kier alpha value is -3.71.